The molecule has 0 fully saturated rings. The highest BCUT2D eigenvalue weighted by molar-refractivity contribution is 9.10. The number of rotatable bonds is 0. The topological polar surface area (TPSA) is 20.3 Å². The minimum absolute atomic E-state index is 0.177. The lowest BCUT2D eigenvalue weighted by Crippen LogP contribution is -2.21. The van der Waals surface area contributed by atoms with Gasteiger partial charge in [0.1, 0.15) is 0 Å². The number of hydrogen-bond donors (Lipinski definition) is 0. The van der Waals surface area contributed by atoms with E-state index >= 15 is 0 Å². The minimum atomic E-state index is 0.177. The Morgan fingerprint density at radius 1 is 1.33 bits per heavy atom. The molecule has 0 spiro atoms. The van der Waals surface area contributed by atoms with E-state index in [0.717, 1.165) is 21.3 Å². The number of fused-ring (bicyclic) bond motifs is 1. The number of benzene rings is 1. The molecule has 0 radical (unpaired) electrons. The summed E-state index contributed by atoms with van der Waals surface area (Å²) in [6, 6.07) is 4.05. The molecule has 0 atom stereocenters. The first-order valence-electron chi connectivity index (χ1n) is 5.15. The summed E-state index contributed by atoms with van der Waals surface area (Å²) in [7, 11) is 1.83. The van der Waals surface area contributed by atoms with Crippen molar-refractivity contribution in [3.05, 3.63) is 27.7 Å². The van der Waals surface area contributed by atoms with E-state index in [1.165, 1.54) is 0 Å². The van der Waals surface area contributed by atoms with Crippen LogP contribution >= 0.6 is 15.9 Å². The van der Waals surface area contributed by atoms with E-state index in [4.69, 9.17) is 0 Å². The smallest absolute Gasteiger partial charge is 0.231 e. The summed E-state index contributed by atoms with van der Waals surface area (Å²) in [6.45, 7) is 6.03. The Morgan fingerprint density at radius 2 is 1.93 bits per heavy atom. The van der Waals surface area contributed by atoms with Crippen LogP contribution < -0.4 is 4.90 Å². The Hall–Kier alpha value is -0.830. The zero-order valence-electron chi connectivity index (χ0n) is 9.60. The Morgan fingerprint density at radius 3 is 2.53 bits per heavy atom. The standard InChI is InChI=1S/C10H10BrNO.C2H6/c1-6-3-8(11)4-7-5-9(13)12(2)10(6)7;1-2/h3-4H,5H2,1-2H3;1-2H3. The molecule has 0 bridgehead atoms. The fourth-order valence-corrected chi connectivity index (χ4v) is 2.45. The number of anilines is 1. The van der Waals surface area contributed by atoms with Gasteiger partial charge in [0, 0.05) is 17.2 Å². The van der Waals surface area contributed by atoms with Crippen LogP contribution in [0, 0.1) is 6.92 Å². The van der Waals surface area contributed by atoms with Crippen molar-refractivity contribution in [1.82, 2.24) is 0 Å². The van der Waals surface area contributed by atoms with Crippen molar-refractivity contribution >= 4 is 27.5 Å². The maximum Gasteiger partial charge on any atom is 0.231 e. The van der Waals surface area contributed by atoms with Crippen LogP contribution in [0.3, 0.4) is 0 Å². The van der Waals surface area contributed by atoms with Crippen molar-refractivity contribution in [3.8, 4) is 0 Å². The molecular weight excluding hydrogens is 254 g/mol. The first-order valence-corrected chi connectivity index (χ1v) is 5.94. The van der Waals surface area contributed by atoms with Gasteiger partial charge in [-0.1, -0.05) is 29.8 Å². The predicted octanol–water partition coefficient (Wildman–Crippen LogP) is 3.30. The zero-order valence-corrected chi connectivity index (χ0v) is 11.2. The van der Waals surface area contributed by atoms with E-state index < -0.39 is 0 Å². The van der Waals surface area contributed by atoms with Gasteiger partial charge in [-0.25, -0.2) is 0 Å². The SMILES string of the molecule is CC.Cc1cc(Br)cc2c1N(C)C(=O)C2. The molecule has 0 aromatic heterocycles. The molecule has 2 rings (SSSR count). The number of likely N-dealkylation sites (N-methyl/N-ethyl adjacent to an activating group) is 1. The summed E-state index contributed by atoms with van der Waals surface area (Å²) in [6.07, 6.45) is 0.534. The summed E-state index contributed by atoms with van der Waals surface area (Å²) >= 11 is 3.43. The quantitative estimate of drug-likeness (QED) is 0.708. The summed E-state index contributed by atoms with van der Waals surface area (Å²) in [5.74, 6) is 0.177. The molecule has 82 valence electrons. The molecule has 1 aliphatic heterocycles. The monoisotopic (exact) mass is 269 g/mol. The van der Waals surface area contributed by atoms with Crippen molar-refractivity contribution in [1.29, 1.82) is 0 Å². The largest absolute Gasteiger partial charge is 0.315 e. The molecule has 1 aliphatic rings. The molecule has 1 aromatic rings. The fourth-order valence-electron chi connectivity index (χ4n) is 1.83. The van der Waals surface area contributed by atoms with Gasteiger partial charge < -0.3 is 4.90 Å². The Bertz CT molecular complexity index is 387. The molecule has 0 saturated carbocycles. The molecular formula is C12H16BrNO. The zero-order chi connectivity index (χ0) is 11.6. The van der Waals surface area contributed by atoms with Crippen molar-refractivity contribution in [2.75, 3.05) is 11.9 Å². The van der Waals surface area contributed by atoms with Crippen LogP contribution in [0.5, 0.6) is 0 Å². The second kappa shape index (κ2) is 4.79. The lowest BCUT2D eigenvalue weighted by atomic mass is 10.1. The second-order valence-electron chi connectivity index (χ2n) is 3.36. The summed E-state index contributed by atoms with van der Waals surface area (Å²) in [5, 5.41) is 0. The van der Waals surface area contributed by atoms with Crippen molar-refractivity contribution in [2.45, 2.75) is 27.2 Å². The maximum atomic E-state index is 11.4. The molecule has 3 heteroatoms. The second-order valence-corrected chi connectivity index (χ2v) is 4.28. The van der Waals surface area contributed by atoms with Crippen LogP contribution in [-0.4, -0.2) is 13.0 Å². The van der Waals surface area contributed by atoms with Gasteiger partial charge >= 0.3 is 0 Å². The molecule has 15 heavy (non-hydrogen) atoms. The van der Waals surface area contributed by atoms with Gasteiger partial charge in [0.25, 0.3) is 0 Å². The first kappa shape index (κ1) is 12.2. The lowest BCUT2D eigenvalue weighted by molar-refractivity contribution is -0.117. The molecule has 0 aliphatic carbocycles. The van der Waals surface area contributed by atoms with E-state index in [2.05, 4.69) is 15.9 Å². The first-order chi connectivity index (χ1) is 7.09. The molecule has 0 saturated heterocycles. The predicted molar refractivity (Wildman–Crippen MR) is 67.3 cm³/mol. The van der Waals surface area contributed by atoms with E-state index in [9.17, 15) is 4.79 Å². The Balaban J connectivity index is 0.000000531. The number of nitrogens with zero attached hydrogens (tertiary/aromatic N) is 1. The van der Waals surface area contributed by atoms with Gasteiger partial charge in [-0.05, 0) is 30.2 Å². The van der Waals surface area contributed by atoms with Crippen molar-refractivity contribution in [2.24, 2.45) is 0 Å². The highest BCUT2D eigenvalue weighted by Gasteiger charge is 2.25. The van der Waals surface area contributed by atoms with Gasteiger partial charge in [0.05, 0.1) is 6.42 Å². The van der Waals surface area contributed by atoms with Crippen LogP contribution in [0.15, 0.2) is 16.6 Å². The van der Waals surface area contributed by atoms with Crippen molar-refractivity contribution < 1.29 is 4.79 Å². The van der Waals surface area contributed by atoms with Gasteiger partial charge in [-0.3, -0.25) is 4.79 Å². The number of amides is 1. The minimum Gasteiger partial charge on any atom is -0.315 e. The van der Waals surface area contributed by atoms with Crippen LogP contribution in [0.2, 0.25) is 0 Å². The number of halogens is 1. The van der Waals surface area contributed by atoms with Gasteiger partial charge in [-0.15, -0.1) is 0 Å². The van der Waals surface area contributed by atoms with Gasteiger partial charge in [0.15, 0.2) is 0 Å². The molecule has 1 amide bonds. The molecule has 0 N–H and O–H groups in total. The van der Waals surface area contributed by atoms with Crippen molar-refractivity contribution in [3.63, 3.8) is 0 Å². The number of aryl methyl sites for hydroxylation is 1. The number of carbonyl (C=O) groups is 1. The van der Waals surface area contributed by atoms with Crippen LogP contribution in [0.1, 0.15) is 25.0 Å². The van der Waals surface area contributed by atoms with E-state index in [1.807, 2.05) is 40.0 Å². The van der Waals surface area contributed by atoms with E-state index in [-0.39, 0.29) is 5.91 Å². The number of hydrogen-bond acceptors (Lipinski definition) is 1. The van der Waals surface area contributed by atoms with Gasteiger partial charge in [-0.2, -0.15) is 0 Å². The maximum absolute atomic E-state index is 11.4. The fraction of sp³-hybridized carbons (Fsp3) is 0.417. The molecule has 1 heterocycles. The average Bonchev–Trinajstić information content (AvgIpc) is 2.45. The highest BCUT2D eigenvalue weighted by Crippen LogP contribution is 2.33. The van der Waals surface area contributed by atoms with Crippen LogP contribution in [0.4, 0.5) is 5.69 Å². The normalized spacial score (nSPS) is 13.4. The third kappa shape index (κ3) is 2.23. The summed E-state index contributed by atoms with van der Waals surface area (Å²) in [5.41, 5.74) is 3.35. The molecule has 2 nitrogen and oxygen atoms in total. The van der Waals surface area contributed by atoms with E-state index in [1.54, 1.807) is 4.90 Å². The van der Waals surface area contributed by atoms with E-state index in [0.29, 0.717) is 6.42 Å². The molecule has 0 unspecified atom stereocenters. The van der Waals surface area contributed by atoms with Crippen LogP contribution in [0.25, 0.3) is 0 Å². The van der Waals surface area contributed by atoms with Gasteiger partial charge in [0.2, 0.25) is 5.91 Å². The summed E-state index contributed by atoms with van der Waals surface area (Å²) < 4.78 is 1.05. The average molecular weight is 270 g/mol. The van der Waals surface area contributed by atoms with Crippen LogP contribution in [-0.2, 0) is 11.2 Å². The summed E-state index contributed by atoms with van der Waals surface area (Å²) in [4.78, 5) is 13.1. The third-order valence-electron chi connectivity index (χ3n) is 2.40. The third-order valence-corrected chi connectivity index (χ3v) is 2.85. The Labute approximate surface area is 99.4 Å². The lowest BCUT2D eigenvalue weighted by Gasteiger charge is -2.12. The molecule has 1 aromatic carbocycles. The highest BCUT2D eigenvalue weighted by atomic mass is 79.9. The number of carbonyl (C=O) groups excluding carboxylic acids is 1. The Kier molecular flexibility index (Phi) is 3.91.